The van der Waals surface area contributed by atoms with Crippen molar-refractivity contribution in [2.45, 2.75) is 6.04 Å². The Hall–Kier alpha value is -2.24. The van der Waals surface area contributed by atoms with Crippen molar-refractivity contribution in [2.75, 3.05) is 40.3 Å². The van der Waals surface area contributed by atoms with Gasteiger partial charge in [0, 0.05) is 25.6 Å². The standard InChI is InChI=1S/C20H26N4O/c1-21-12-13-24(2)15-17-14-22-23-20(17)16-8-10-19(11-9-16)25-18-6-4-3-5-7-18/h3-11,17,20-21H,12-15H2,1-2H3. The number of nitrogens with zero attached hydrogens (tertiary/aromatic N) is 3. The molecule has 0 saturated carbocycles. The summed E-state index contributed by atoms with van der Waals surface area (Å²) in [5, 5.41) is 12.0. The highest BCUT2D eigenvalue weighted by Gasteiger charge is 2.28. The zero-order valence-corrected chi connectivity index (χ0v) is 14.9. The number of para-hydroxylation sites is 1. The second-order valence-corrected chi connectivity index (χ2v) is 6.49. The van der Waals surface area contributed by atoms with Crippen molar-refractivity contribution in [2.24, 2.45) is 16.1 Å². The van der Waals surface area contributed by atoms with Crippen LogP contribution in [0.25, 0.3) is 0 Å². The molecule has 0 saturated heterocycles. The maximum atomic E-state index is 5.86. The molecule has 1 aliphatic heterocycles. The van der Waals surface area contributed by atoms with Crippen LogP contribution in [0.3, 0.4) is 0 Å². The first kappa shape index (κ1) is 17.6. The van der Waals surface area contributed by atoms with Crippen molar-refractivity contribution in [1.29, 1.82) is 0 Å². The van der Waals surface area contributed by atoms with Crippen LogP contribution in [0.15, 0.2) is 64.8 Å². The van der Waals surface area contributed by atoms with Crippen LogP contribution in [-0.4, -0.2) is 45.2 Å². The molecule has 5 heteroatoms. The van der Waals surface area contributed by atoms with Crippen molar-refractivity contribution >= 4 is 0 Å². The molecule has 1 heterocycles. The fourth-order valence-electron chi connectivity index (χ4n) is 3.08. The van der Waals surface area contributed by atoms with E-state index >= 15 is 0 Å². The summed E-state index contributed by atoms with van der Waals surface area (Å²) in [5.74, 6) is 2.12. The summed E-state index contributed by atoms with van der Waals surface area (Å²) < 4.78 is 5.86. The Morgan fingerprint density at radius 1 is 1.08 bits per heavy atom. The minimum atomic E-state index is 0.141. The second-order valence-electron chi connectivity index (χ2n) is 6.49. The van der Waals surface area contributed by atoms with Gasteiger partial charge in [0.25, 0.3) is 0 Å². The van der Waals surface area contributed by atoms with Gasteiger partial charge in [-0.15, -0.1) is 0 Å². The number of azo groups is 1. The number of rotatable bonds is 8. The molecule has 0 radical (unpaired) electrons. The maximum Gasteiger partial charge on any atom is 0.127 e. The Morgan fingerprint density at radius 2 is 1.80 bits per heavy atom. The molecule has 0 bridgehead atoms. The van der Waals surface area contributed by atoms with E-state index in [2.05, 4.69) is 39.6 Å². The molecule has 2 aromatic carbocycles. The monoisotopic (exact) mass is 338 g/mol. The van der Waals surface area contributed by atoms with E-state index in [0.717, 1.165) is 37.7 Å². The molecule has 25 heavy (non-hydrogen) atoms. The first-order valence-corrected chi connectivity index (χ1v) is 8.79. The smallest absolute Gasteiger partial charge is 0.127 e. The first-order chi connectivity index (χ1) is 12.3. The third-order valence-corrected chi connectivity index (χ3v) is 4.46. The van der Waals surface area contributed by atoms with Gasteiger partial charge in [-0.05, 0) is 43.9 Å². The van der Waals surface area contributed by atoms with Crippen LogP contribution in [0.1, 0.15) is 11.6 Å². The van der Waals surface area contributed by atoms with E-state index in [9.17, 15) is 0 Å². The highest BCUT2D eigenvalue weighted by molar-refractivity contribution is 5.34. The summed E-state index contributed by atoms with van der Waals surface area (Å²) >= 11 is 0. The Morgan fingerprint density at radius 3 is 2.52 bits per heavy atom. The van der Waals surface area contributed by atoms with Crippen molar-refractivity contribution in [1.82, 2.24) is 10.2 Å². The van der Waals surface area contributed by atoms with Gasteiger partial charge in [0.1, 0.15) is 17.5 Å². The molecule has 0 amide bonds. The van der Waals surface area contributed by atoms with Crippen molar-refractivity contribution in [3.8, 4) is 11.5 Å². The van der Waals surface area contributed by atoms with E-state index in [1.807, 2.05) is 49.5 Å². The third kappa shape index (κ3) is 4.87. The van der Waals surface area contributed by atoms with E-state index in [-0.39, 0.29) is 6.04 Å². The normalized spacial score (nSPS) is 19.5. The molecule has 3 rings (SSSR count). The summed E-state index contributed by atoms with van der Waals surface area (Å²) in [5.41, 5.74) is 1.20. The van der Waals surface area contributed by atoms with E-state index < -0.39 is 0 Å². The zero-order chi connectivity index (χ0) is 17.5. The lowest BCUT2D eigenvalue weighted by atomic mass is 9.94. The molecule has 0 aliphatic carbocycles. The third-order valence-electron chi connectivity index (χ3n) is 4.46. The fourth-order valence-corrected chi connectivity index (χ4v) is 3.08. The van der Waals surface area contributed by atoms with Crippen molar-refractivity contribution in [3.05, 3.63) is 60.2 Å². The van der Waals surface area contributed by atoms with Crippen LogP contribution < -0.4 is 10.1 Å². The van der Waals surface area contributed by atoms with Gasteiger partial charge in [-0.2, -0.15) is 10.2 Å². The van der Waals surface area contributed by atoms with Gasteiger partial charge in [-0.1, -0.05) is 30.3 Å². The van der Waals surface area contributed by atoms with Gasteiger partial charge in [0.2, 0.25) is 0 Å². The Labute approximate surface area is 149 Å². The van der Waals surface area contributed by atoms with E-state index in [1.54, 1.807) is 0 Å². The summed E-state index contributed by atoms with van der Waals surface area (Å²) in [6.45, 7) is 3.83. The Kier molecular flexibility index (Phi) is 6.14. The Balaban J connectivity index is 1.61. The summed E-state index contributed by atoms with van der Waals surface area (Å²) in [4.78, 5) is 2.34. The maximum absolute atomic E-state index is 5.86. The molecule has 5 nitrogen and oxygen atoms in total. The van der Waals surface area contributed by atoms with Gasteiger partial charge < -0.3 is 15.0 Å². The van der Waals surface area contributed by atoms with Crippen LogP contribution in [0.4, 0.5) is 0 Å². The van der Waals surface area contributed by atoms with Crippen molar-refractivity contribution in [3.63, 3.8) is 0 Å². The molecule has 0 aromatic heterocycles. The fraction of sp³-hybridized carbons (Fsp3) is 0.400. The lowest BCUT2D eigenvalue weighted by Gasteiger charge is -2.23. The molecule has 0 fully saturated rings. The lowest BCUT2D eigenvalue weighted by molar-refractivity contribution is 0.271. The molecule has 2 atom stereocenters. The molecule has 0 spiro atoms. The van der Waals surface area contributed by atoms with E-state index in [4.69, 9.17) is 4.74 Å². The van der Waals surface area contributed by atoms with Crippen molar-refractivity contribution < 1.29 is 4.74 Å². The number of hydrogen-bond donors (Lipinski definition) is 1. The number of likely N-dealkylation sites (N-methyl/N-ethyl adjacent to an activating group) is 2. The molecular weight excluding hydrogens is 312 g/mol. The minimum Gasteiger partial charge on any atom is -0.457 e. The average Bonchev–Trinajstić information content (AvgIpc) is 3.09. The number of ether oxygens (including phenoxy) is 1. The van der Waals surface area contributed by atoms with Gasteiger partial charge >= 0.3 is 0 Å². The molecule has 1 N–H and O–H groups in total. The average molecular weight is 338 g/mol. The first-order valence-electron chi connectivity index (χ1n) is 8.79. The van der Waals surface area contributed by atoms with Crippen LogP contribution in [0, 0.1) is 5.92 Å². The Bertz CT molecular complexity index is 672. The van der Waals surface area contributed by atoms with Gasteiger partial charge in [-0.25, -0.2) is 0 Å². The predicted octanol–water partition coefficient (Wildman–Crippen LogP) is 3.75. The van der Waals surface area contributed by atoms with Crippen LogP contribution >= 0.6 is 0 Å². The van der Waals surface area contributed by atoms with Crippen LogP contribution in [-0.2, 0) is 0 Å². The molecule has 132 valence electrons. The summed E-state index contributed by atoms with van der Waals surface area (Å²) in [7, 11) is 4.14. The second kappa shape index (κ2) is 8.74. The number of benzene rings is 2. The SMILES string of the molecule is CNCCN(C)CC1CN=NC1c1ccc(Oc2ccccc2)cc1. The predicted molar refractivity (Wildman–Crippen MR) is 100 cm³/mol. The number of nitrogens with one attached hydrogen (secondary N) is 1. The van der Waals surface area contributed by atoms with Gasteiger partial charge in [0.05, 0.1) is 6.54 Å². The lowest BCUT2D eigenvalue weighted by Crippen LogP contribution is -2.33. The van der Waals surface area contributed by atoms with E-state index in [0.29, 0.717) is 5.92 Å². The zero-order valence-electron chi connectivity index (χ0n) is 14.9. The molecule has 2 unspecified atom stereocenters. The summed E-state index contributed by atoms with van der Waals surface area (Å²) in [6.07, 6.45) is 0. The largest absolute Gasteiger partial charge is 0.457 e. The van der Waals surface area contributed by atoms with Gasteiger partial charge in [-0.3, -0.25) is 0 Å². The highest BCUT2D eigenvalue weighted by Crippen LogP contribution is 2.33. The summed E-state index contributed by atoms with van der Waals surface area (Å²) in [6, 6.07) is 18.2. The number of hydrogen-bond acceptors (Lipinski definition) is 5. The van der Waals surface area contributed by atoms with Crippen LogP contribution in [0.2, 0.25) is 0 Å². The van der Waals surface area contributed by atoms with Gasteiger partial charge in [0.15, 0.2) is 0 Å². The van der Waals surface area contributed by atoms with E-state index in [1.165, 1.54) is 5.56 Å². The molecule has 1 aliphatic rings. The molecular formula is C20H26N4O. The molecule has 2 aromatic rings. The quantitative estimate of drug-likeness (QED) is 0.797. The minimum absolute atomic E-state index is 0.141. The highest BCUT2D eigenvalue weighted by atomic mass is 16.5. The van der Waals surface area contributed by atoms with Crippen LogP contribution in [0.5, 0.6) is 11.5 Å². The topological polar surface area (TPSA) is 49.2 Å².